The Morgan fingerprint density at radius 2 is 1.50 bits per heavy atom. The first-order valence-electron chi connectivity index (χ1n) is 8.56. The maximum atomic E-state index is 12.8. The van der Waals surface area contributed by atoms with E-state index in [0.717, 1.165) is 11.1 Å². The monoisotopic (exact) mass is 370 g/mol. The molecule has 0 bridgehead atoms. The summed E-state index contributed by atoms with van der Waals surface area (Å²) in [5.74, 6) is 0.775. The van der Waals surface area contributed by atoms with Crippen LogP contribution < -0.4 is 9.62 Å². The summed E-state index contributed by atoms with van der Waals surface area (Å²) in [5, 5.41) is 0. The molecule has 0 radical (unpaired) electrons. The van der Waals surface area contributed by atoms with E-state index in [1.165, 1.54) is 0 Å². The first-order chi connectivity index (χ1) is 12.4. The second-order valence-electron chi connectivity index (χ2n) is 5.98. The smallest absolute Gasteiger partial charge is 0.263 e. The summed E-state index contributed by atoms with van der Waals surface area (Å²) in [6.45, 7) is 7.31. The molecule has 0 saturated carbocycles. The average Bonchev–Trinajstić information content (AvgIpc) is 2.63. The molecule has 2 aromatic carbocycles. The quantitative estimate of drug-likeness (QED) is 0.718. The Labute approximate surface area is 154 Å². The van der Waals surface area contributed by atoms with Crippen molar-refractivity contribution in [2.75, 3.05) is 22.7 Å². The fourth-order valence-corrected chi connectivity index (χ4v) is 3.71. The molecule has 1 heterocycles. The lowest BCUT2D eigenvalue weighted by Gasteiger charge is -2.23. The number of anilines is 2. The van der Waals surface area contributed by atoms with E-state index < -0.39 is 10.0 Å². The van der Waals surface area contributed by atoms with Gasteiger partial charge in [0.2, 0.25) is 0 Å². The van der Waals surface area contributed by atoms with Gasteiger partial charge in [-0.1, -0.05) is 29.8 Å². The topological polar surface area (TPSA) is 75.2 Å². The van der Waals surface area contributed by atoms with Crippen molar-refractivity contribution in [1.82, 2.24) is 9.97 Å². The van der Waals surface area contributed by atoms with Crippen molar-refractivity contribution < 1.29 is 8.42 Å². The van der Waals surface area contributed by atoms with Crippen molar-refractivity contribution in [2.24, 2.45) is 0 Å². The normalized spacial score (nSPS) is 11.5. The number of nitrogens with one attached hydrogen (secondary N) is 1. The number of hydrogen-bond donors (Lipinski definition) is 1. The molecule has 3 aromatic rings. The number of fused-ring (bicyclic) bond motifs is 1. The van der Waals surface area contributed by atoms with Crippen LogP contribution in [-0.2, 0) is 10.0 Å². The average molecular weight is 370 g/mol. The number of aromatic nitrogens is 2. The summed E-state index contributed by atoms with van der Waals surface area (Å²) in [7, 11) is -3.75. The van der Waals surface area contributed by atoms with Gasteiger partial charge in [-0.2, -0.15) is 0 Å². The van der Waals surface area contributed by atoms with E-state index in [4.69, 9.17) is 0 Å². The Balaban J connectivity index is 2.10. The van der Waals surface area contributed by atoms with Gasteiger partial charge in [-0.05, 0) is 45.0 Å². The second kappa shape index (κ2) is 7.29. The Morgan fingerprint density at radius 1 is 0.923 bits per heavy atom. The maximum absolute atomic E-state index is 12.8. The highest BCUT2D eigenvalue weighted by Crippen LogP contribution is 2.27. The minimum atomic E-state index is -3.75. The van der Waals surface area contributed by atoms with Crippen molar-refractivity contribution >= 4 is 32.7 Å². The van der Waals surface area contributed by atoms with Gasteiger partial charge in [-0.25, -0.2) is 18.4 Å². The third-order valence-corrected chi connectivity index (χ3v) is 5.53. The van der Waals surface area contributed by atoms with Crippen LogP contribution in [0.25, 0.3) is 11.0 Å². The fourth-order valence-electron chi connectivity index (χ4n) is 2.71. The molecule has 6 nitrogen and oxygen atoms in total. The molecule has 136 valence electrons. The summed E-state index contributed by atoms with van der Waals surface area (Å²) in [5.41, 5.74) is 2.37. The van der Waals surface area contributed by atoms with E-state index >= 15 is 0 Å². The van der Waals surface area contributed by atoms with E-state index in [-0.39, 0.29) is 10.7 Å². The summed E-state index contributed by atoms with van der Waals surface area (Å²) >= 11 is 0. The van der Waals surface area contributed by atoms with Crippen LogP contribution in [0.5, 0.6) is 0 Å². The molecule has 7 heteroatoms. The molecular formula is C19H22N4O2S. The fraction of sp³-hybridized carbons (Fsp3) is 0.263. The minimum absolute atomic E-state index is 0.198. The first-order valence-corrected chi connectivity index (χ1v) is 10.0. The molecule has 1 N–H and O–H groups in total. The number of sulfonamides is 1. The van der Waals surface area contributed by atoms with E-state index in [1.807, 2.05) is 49.9 Å². The lowest BCUT2D eigenvalue weighted by Crippen LogP contribution is -2.26. The van der Waals surface area contributed by atoms with Gasteiger partial charge in [0, 0.05) is 13.1 Å². The summed E-state index contributed by atoms with van der Waals surface area (Å²) < 4.78 is 28.2. The van der Waals surface area contributed by atoms with Crippen LogP contribution in [0.15, 0.2) is 53.4 Å². The minimum Gasteiger partial charge on any atom is -0.354 e. The summed E-state index contributed by atoms with van der Waals surface area (Å²) in [4.78, 5) is 11.3. The van der Waals surface area contributed by atoms with Crippen molar-refractivity contribution in [3.8, 4) is 0 Å². The number of hydrogen-bond acceptors (Lipinski definition) is 5. The van der Waals surface area contributed by atoms with Gasteiger partial charge in [0.1, 0.15) is 0 Å². The molecule has 0 amide bonds. The largest absolute Gasteiger partial charge is 0.354 e. The van der Waals surface area contributed by atoms with Crippen LogP contribution in [0.4, 0.5) is 11.6 Å². The third kappa shape index (κ3) is 3.62. The molecule has 0 atom stereocenters. The van der Waals surface area contributed by atoms with Crippen LogP contribution in [0.2, 0.25) is 0 Å². The van der Waals surface area contributed by atoms with E-state index in [9.17, 15) is 8.42 Å². The molecule has 0 aliphatic heterocycles. The zero-order valence-corrected chi connectivity index (χ0v) is 15.9. The van der Waals surface area contributed by atoms with Gasteiger partial charge in [0.25, 0.3) is 10.0 Å². The van der Waals surface area contributed by atoms with Gasteiger partial charge in [-0.3, -0.25) is 4.72 Å². The van der Waals surface area contributed by atoms with Crippen LogP contribution in [-0.4, -0.2) is 31.5 Å². The highest BCUT2D eigenvalue weighted by atomic mass is 32.2. The van der Waals surface area contributed by atoms with E-state index in [2.05, 4.69) is 14.7 Å². The van der Waals surface area contributed by atoms with Gasteiger partial charge in [-0.15, -0.1) is 0 Å². The Morgan fingerprint density at radius 3 is 2.08 bits per heavy atom. The van der Waals surface area contributed by atoms with Crippen molar-refractivity contribution in [1.29, 1.82) is 0 Å². The molecule has 0 saturated heterocycles. The number of para-hydroxylation sites is 2. The van der Waals surface area contributed by atoms with Crippen LogP contribution in [0.1, 0.15) is 19.4 Å². The molecular weight excluding hydrogens is 348 g/mol. The maximum Gasteiger partial charge on any atom is 0.263 e. The van der Waals surface area contributed by atoms with Crippen LogP contribution in [0.3, 0.4) is 0 Å². The van der Waals surface area contributed by atoms with Crippen LogP contribution in [0, 0.1) is 6.92 Å². The van der Waals surface area contributed by atoms with Gasteiger partial charge in [0.15, 0.2) is 11.6 Å². The Hall–Kier alpha value is -2.67. The Kier molecular flexibility index (Phi) is 5.08. The summed E-state index contributed by atoms with van der Waals surface area (Å²) in [6, 6.07) is 14.1. The van der Waals surface area contributed by atoms with Gasteiger partial charge in [0.05, 0.1) is 15.9 Å². The number of nitrogens with zero attached hydrogens (tertiary/aromatic N) is 3. The van der Waals surface area contributed by atoms with E-state index in [0.29, 0.717) is 24.4 Å². The number of aryl methyl sites for hydroxylation is 1. The van der Waals surface area contributed by atoms with Gasteiger partial charge < -0.3 is 4.90 Å². The van der Waals surface area contributed by atoms with E-state index in [1.54, 1.807) is 24.3 Å². The zero-order valence-electron chi connectivity index (χ0n) is 15.1. The lowest BCUT2D eigenvalue weighted by atomic mass is 10.2. The molecule has 0 fully saturated rings. The third-order valence-electron chi connectivity index (χ3n) is 4.18. The van der Waals surface area contributed by atoms with Crippen LogP contribution >= 0.6 is 0 Å². The number of rotatable bonds is 6. The predicted octanol–water partition coefficient (Wildman–Crippen LogP) is 3.59. The second-order valence-corrected chi connectivity index (χ2v) is 7.66. The molecule has 0 spiro atoms. The highest BCUT2D eigenvalue weighted by Gasteiger charge is 2.20. The highest BCUT2D eigenvalue weighted by molar-refractivity contribution is 7.92. The Bertz CT molecular complexity index is 1010. The summed E-state index contributed by atoms with van der Waals surface area (Å²) in [6.07, 6.45) is 0. The zero-order chi connectivity index (χ0) is 18.7. The first kappa shape index (κ1) is 18.1. The van der Waals surface area contributed by atoms with Crippen molar-refractivity contribution in [3.63, 3.8) is 0 Å². The SMILES string of the molecule is CCN(CC)c1nc2ccccc2nc1NS(=O)(=O)c1ccc(C)cc1. The molecule has 26 heavy (non-hydrogen) atoms. The molecule has 1 aromatic heterocycles. The lowest BCUT2D eigenvalue weighted by molar-refractivity contribution is 0.601. The number of benzene rings is 2. The van der Waals surface area contributed by atoms with Crippen molar-refractivity contribution in [3.05, 3.63) is 54.1 Å². The molecule has 0 aliphatic rings. The molecule has 3 rings (SSSR count). The molecule has 0 unspecified atom stereocenters. The van der Waals surface area contributed by atoms with Gasteiger partial charge >= 0.3 is 0 Å². The predicted molar refractivity (Wildman–Crippen MR) is 105 cm³/mol. The molecule has 0 aliphatic carbocycles. The standard InChI is InChI=1S/C19H22N4O2S/c1-4-23(5-2)19-18(20-16-8-6-7-9-17(16)21-19)22-26(24,25)15-12-10-14(3)11-13-15/h6-13H,4-5H2,1-3H3,(H,20,22). The van der Waals surface area contributed by atoms with Crippen molar-refractivity contribution in [2.45, 2.75) is 25.7 Å².